The topological polar surface area (TPSA) is 21.3 Å². The van der Waals surface area contributed by atoms with Crippen LogP contribution in [0, 0.1) is 11.6 Å². The van der Waals surface area contributed by atoms with Gasteiger partial charge in [-0.25, -0.2) is 8.78 Å². The number of hydrogen-bond donors (Lipinski definition) is 1. The maximum absolute atomic E-state index is 12.7. The summed E-state index contributed by atoms with van der Waals surface area (Å²) in [6, 6.07) is 3.49. The summed E-state index contributed by atoms with van der Waals surface area (Å²) in [6.45, 7) is 2.44. The fraction of sp³-hybridized carbons (Fsp3) is 0.455. The molecule has 0 bridgehead atoms. The van der Waals surface area contributed by atoms with Gasteiger partial charge in [-0.05, 0) is 20.4 Å². The second-order valence-corrected chi connectivity index (χ2v) is 3.43. The fourth-order valence-electron chi connectivity index (χ4n) is 1.11. The summed E-state index contributed by atoms with van der Waals surface area (Å²) in [6.07, 6.45) is 0.786. The predicted molar refractivity (Wildman–Crippen MR) is 55.0 cm³/mol. The van der Waals surface area contributed by atoms with Gasteiger partial charge in [0.05, 0.1) is 6.61 Å². The van der Waals surface area contributed by atoms with E-state index in [2.05, 4.69) is 5.32 Å². The van der Waals surface area contributed by atoms with Gasteiger partial charge in [0.2, 0.25) is 0 Å². The molecule has 0 saturated heterocycles. The van der Waals surface area contributed by atoms with Gasteiger partial charge in [0.25, 0.3) is 0 Å². The molecular weight excluding hydrogens is 200 g/mol. The zero-order chi connectivity index (χ0) is 11.3. The quantitative estimate of drug-likeness (QED) is 0.814. The van der Waals surface area contributed by atoms with Crippen LogP contribution in [0.5, 0.6) is 5.75 Å². The third-order valence-corrected chi connectivity index (χ3v) is 2.15. The van der Waals surface area contributed by atoms with Crippen LogP contribution in [-0.4, -0.2) is 19.7 Å². The maximum Gasteiger partial charge on any atom is 0.129 e. The highest BCUT2D eigenvalue weighted by atomic mass is 19.1. The number of halogens is 2. The number of hydrogen-bond acceptors (Lipinski definition) is 2. The van der Waals surface area contributed by atoms with Crippen molar-refractivity contribution in [1.82, 2.24) is 5.32 Å². The average Bonchev–Trinajstić information content (AvgIpc) is 2.16. The third kappa shape index (κ3) is 4.25. The minimum Gasteiger partial charge on any atom is -0.493 e. The van der Waals surface area contributed by atoms with Gasteiger partial charge < -0.3 is 10.1 Å². The normalized spacial score (nSPS) is 12.5. The Morgan fingerprint density at radius 3 is 2.40 bits per heavy atom. The molecule has 0 amide bonds. The van der Waals surface area contributed by atoms with E-state index < -0.39 is 11.6 Å². The van der Waals surface area contributed by atoms with Crippen molar-refractivity contribution in [3.63, 3.8) is 0 Å². The molecule has 2 nitrogen and oxygen atoms in total. The molecule has 1 N–H and O–H groups in total. The minimum atomic E-state index is -0.619. The van der Waals surface area contributed by atoms with E-state index in [0.29, 0.717) is 12.6 Å². The van der Waals surface area contributed by atoms with Crippen LogP contribution >= 0.6 is 0 Å². The highest BCUT2D eigenvalue weighted by Crippen LogP contribution is 2.15. The third-order valence-electron chi connectivity index (χ3n) is 2.15. The molecule has 1 aromatic rings. The van der Waals surface area contributed by atoms with Crippen molar-refractivity contribution in [2.75, 3.05) is 13.7 Å². The SMILES string of the molecule is CNC(C)CCOc1cc(F)cc(F)c1. The van der Waals surface area contributed by atoms with Gasteiger partial charge in [0.1, 0.15) is 17.4 Å². The van der Waals surface area contributed by atoms with Crippen molar-refractivity contribution in [1.29, 1.82) is 0 Å². The first-order chi connectivity index (χ1) is 7.11. The van der Waals surface area contributed by atoms with Gasteiger partial charge >= 0.3 is 0 Å². The molecule has 15 heavy (non-hydrogen) atoms. The second-order valence-electron chi connectivity index (χ2n) is 3.43. The van der Waals surface area contributed by atoms with Crippen molar-refractivity contribution in [3.8, 4) is 5.75 Å². The Balaban J connectivity index is 2.43. The lowest BCUT2D eigenvalue weighted by molar-refractivity contribution is 0.291. The van der Waals surface area contributed by atoms with Gasteiger partial charge in [-0.1, -0.05) is 0 Å². The summed E-state index contributed by atoms with van der Waals surface area (Å²) in [5.41, 5.74) is 0. The zero-order valence-corrected chi connectivity index (χ0v) is 8.89. The van der Waals surface area contributed by atoms with Gasteiger partial charge in [-0.2, -0.15) is 0 Å². The first-order valence-electron chi connectivity index (χ1n) is 4.88. The predicted octanol–water partition coefficient (Wildman–Crippen LogP) is 2.34. The van der Waals surface area contributed by atoms with Crippen molar-refractivity contribution >= 4 is 0 Å². The molecule has 1 unspecified atom stereocenters. The Morgan fingerprint density at radius 2 is 1.87 bits per heavy atom. The van der Waals surface area contributed by atoms with E-state index in [-0.39, 0.29) is 5.75 Å². The number of nitrogens with one attached hydrogen (secondary N) is 1. The Bertz CT molecular complexity index is 297. The highest BCUT2D eigenvalue weighted by molar-refractivity contribution is 5.23. The highest BCUT2D eigenvalue weighted by Gasteiger charge is 2.02. The Hall–Kier alpha value is -1.16. The molecule has 0 aliphatic heterocycles. The average molecular weight is 215 g/mol. The summed E-state index contributed by atoms with van der Waals surface area (Å²) in [5, 5.41) is 3.05. The number of benzene rings is 1. The van der Waals surface area contributed by atoms with Crippen LogP contribution in [0.1, 0.15) is 13.3 Å². The molecule has 0 aliphatic carbocycles. The van der Waals surface area contributed by atoms with Crippen LogP contribution in [-0.2, 0) is 0 Å². The van der Waals surface area contributed by atoms with Crippen molar-refractivity contribution < 1.29 is 13.5 Å². The van der Waals surface area contributed by atoms with E-state index in [0.717, 1.165) is 12.5 Å². The minimum absolute atomic E-state index is 0.232. The van der Waals surface area contributed by atoms with E-state index in [1.54, 1.807) is 0 Å². The van der Waals surface area contributed by atoms with E-state index >= 15 is 0 Å². The Labute approximate surface area is 88.3 Å². The summed E-state index contributed by atoms with van der Waals surface area (Å²) in [4.78, 5) is 0. The lowest BCUT2D eigenvalue weighted by atomic mass is 10.2. The number of ether oxygens (including phenoxy) is 1. The largest absolute Gasteiger partial charge is 0.493 e. The fourth-order valence-corrected chi connectivity index (χ4v) is 1.11. The molecule has 4 heteroatoms. The van der Waals surface area contributed by atoms with E-state index in [1.165, 1.54) is 12.1 Å². The molecule has 0 fully saturated rings. The molecule has 1 atom stereocenters. The number of rotatable bonds is 5. The maximum atomic E-state index is 12.7. The van der Waals surface area contributed by atoms with Crippen LogP contribution in [0.2, 0.25) is 0 Å². The first-order valence-corrected chi connectivity index (χ1v) is 4.88. The molecular formula is C11H15F2NO. The van der Waals surface area contributed by atoms with E-state index in [9.17, 15) is 8.78 Å². The molecule has 0 saturated carbocycles. The Kier molecular flexibility index (Phi) is 4.49. The smallest absolute Gasteiger partial charge is 0.129 e. The molecule has 0 spiro atoms. The first kappa shape index (κ1) is 11.9. The Morgan fingerprint density at radius 1 is 1.27 bits per heavy atom. The molecule has 0 aliphatic rings. The summed E-state index contributed by atoms with van der Waals surface area (Å²) >= 11 is 0. The molecule has 1 rings (SSSR count). The standard InChI is InChI=1S/C11H15F2NO/c1-8(14-2)3-4-15-11-6-9(12)5-10(13)7-11/h5-8,14H,3-4H2,1-2H3. The molecule has 0 aromatic heterocycles. The van der Waals surface area contributed by atoms with Crippen molar-refractivity contribution in [2.24, 2.45) is 0 Å². The van der Waals surface area contributed by atoms with Gasteiger partial charge in [-0.3, -0.25) is 0 Å². The molecule has 1 aromatic carbocycles. The van der Waals surface area contributed by atoms with Crippen LogP contribution < -0.4 is 10.1 Å². The molecule has 0 radical (unpaired) electrons. The summed E-state index contributed by atoms with van der Waals surface area (Å²) in [7, 11) is 1.85. The second kappa shape index (κ2) is 5.66. The lowest BCUT2D eigenvalue weighted by Crippen LogP contribution is -2.23. The van der Waals surface area contributed by atoms with Crippen molar-refractivity contribution in [2.45, 2.75) is 19.4 Å². The zero-order valence-electron chi connectivity index (χ0n) is 8.89. The van der Waals surface area contributed by atoms with Crippen LogP contribution in [0.15, 0.2) is 18.2 Å². The van der Waals surface area contributed by atoms with E-state index in [4.69, 9.17) is 4.74 Å². The van der Waals surface area contributed by atoms with Crippen molar-refractivity contribution in [3.05, 3.63) is 29.8 Å². The van der Waals surface area contributed by atoms with E-state index in [1.807, 2.05) is 14.0 Å². The summed E-state index contributed by atoms with van der Waals surface area (Å²) < 4.78 is 30.7. The van der Waals surface area contributed by atoms with Crippen LogP contribution in [0.25, 0.3) is 0 Å². The van der Waals surface area contributed by atoms with Crippen LogP contribution in [0.4, 0.5) is 8.78 Å². The lowest BCUT2D eigenvalue weighted by Gasteiger charge is -2.11. The molecule has 84 valence electrons. The molecule has 0 heterocycles. The summed E-state index contributed by atoms with van der Waals surface area (Å²) in [5.74, 6) is -1.01. The van der Waals surface area contributed by atoms with Crippen LogP contribution in [0.3, 0.4) is 0 Å². The van der Waals surface area contributed by atoms with Gasteiger partial charge in [-0.15, -0.1) is 0 Å². The van der Waals surface area contributed by atoms with Gasteiger partial charge in [0.15, 0.2) is 0 Å². The van der Waals surface area contributed by atoms with Gasteiger partial charge in [0, 0.05) is 24.2 Å². The monoisotopic (exact) mass is 215 g/mol.